The van der Waals surface area contributed by atoms with E-state index < -0.39 is 4.92 Å². The first-order valence-electron chi connectivity index (χ1n) is 4.24. The van der Waals surface area contributed by atoms with Gasteiger partial charge in [0.15, 0.2) is 0 Å². The summed E-state index contributed by atoms with van der Waals surface area (Å²) in [5.41, 5.74) is 0. The first-order chi connectivity index (χ1) is 7.15. The summed E-state index contributed by atoms with van der Waals surface area (Å²) in [5, 5.41) is 17.7. The molecule has 0 spiro atoms. The van der Waals surface area contributed by atoms with Crippen molar-refractivity contribution in [3.63, 3.8) is 0 Å². The van der Waals surface area contributed by atoms with E-state index in [1.54, 1.807) is 17.8 Å². The van der Waals surface area contributed by atoms with E-state index >= 15 is 0 Å². The summed E-state index contributed by atoms with van der Waals surface area (Å²) < 4.78 is 4.87. The van der Waals surface area contributed by atoms with Crippen molar-refractivity contribution in [1.82, 2.24) is 0 Å². The van der Waals surface area contributed by atoms with E-state index in [4.69, 9.17) is 9.68 Å². The van der Waals surface area contributed by atoms with Crippen LogP contribution in [0, 0.1) is 21.4 Å². The van der Waals surface area contributed by atoms with Crippen molar-refractivity contribution in [2.45, 2.75) is 19.1 Å². The zero-order chi connectivity index (χ0) is 11.7. The smallest absolute Gasteiger partial charge is 0.405 e. The van der Waals surface area contributed by atoms with E-state index in [1.165, 1.54) is 6.07 Å². The summed E-state index contributed by atoms with van der Waals surface area (Å²) in [7, 11) is 0. The van der Waals surface area contributed by atoms with Gasteiger partial charge in [-0.15, -0.1) is 0 Å². The number of hydrogen-bond acceptors (Lipinski definition) is 5. The summed E-state index contributed by atoms with van der Waals surface area (Å²) >= 11 is 1.56. The van der Waals surface area contributed by atoms with Crippen LogP contribution in [-0.4, -0.2) is 11.2 Å². The van der Waals surface area contributed by atoms with Crippen molar-refractivity contribution in [1.29, 1.82) is 5.26 Å². The molecule has 0 saturated carbocycles. The molecular weight excluding hydrogens is 216 g/mol. The van der Waals surface area contributed by atoms with Crippen LogP contribution in [0.1, 0.15) is 19.1 Å². The predicted octanol–water partition coefficient (Wildman–Crippen LogP) is 2.97. The van der Waals surface area contributed by atoms with E-state index in [-0.39, 0.29) is 5.88 Å². The van der Waals surface area contributed by atoms with Gasteiger partial charge in [0.25, 0.3) is 0 Å². The SMILES string of the molecule is CCC#N.CSCc1ccc([N+](=O)[O-])o1. The second kappa shape index (κ2) is 7.88. The second-order valence-corrected chi connectivity index (χ2v) is 3.31. The van der Waals surface area contributed by atoms with Gasteiger partial charge in [-0.25, -0.2) is 0 Å². The lowest BCUT2D eigenvalue weighted by Crippen LogP contribution is -1.82. The quantitative estimate of drug-likeness (QED) is 0.586. The van der Waals surface area contributed by atoms with Crippen LogP contribution in [0.3, 0.4) is 0 Å². The Morgan fingerprint density at radius 1 is 1.67 bits per heavy atom. The van der Waals surface area contributed by atoms with Crippen LogP contribution < -0.4 is 0 Å². The number of nitro groups is 1. The monoisotopic (exact) mass is 228 g/mol. The fourth-order valence-corrected chi connectivity index (χ4v) is 1.12. The lowest BCUT2D eigenvalue weighted by molar-refractivity contribution is -0.402. The molecule has 82 valence electrons. The van der Waals surface area contributed by atoms with Crippen LogP contribution in [0.25, 0.3) is 0 Å². The summed E-state index contributed by atoms with van der Waals surface area (Å²) in [5.74, 6) is 1.13. The zero-order valence-electron chi connectivity index (χ0n) is 8.60. The lowest BCUT2D eigenvalue weighted by atomic mass is 10.5. The second-order valence-electron chi connectivity index (χ2n) is 2.44. The highest BCUT2D eigenvalue weighted by Crippen LogP contribution is 2.18. The number of furan rings is 1. The third kappa shape index (κ3) is 5.75. The Morgan fingerprint density at radius 3 is 2.60 bits per heavy atom. The number of nitriles is 1. The van der Waals surface area contributed by atoms with Gasteiger partial charge in [-0.1, -0.05) is 6.92 Å². The molecule has 0 amide bonds. The zero-order valence-corrected chi connectivity index (χ0v) is 9.41. The largest absolute Gasteiger partial charge is 0.433 e. The fraction of sp³-hybridized carbons (Fsp3) is 0.444. The maximum Gasteiger partial charge on any atom is 0.433 e. The highest BCUT2D eigenvalue weighted by atomic mass is 32.2. The average molecular weight is 228 g/mol. The summed E-state index contributed by atoms with van der Waals surface area (Å²) in [4.78, 5) is 9.59. The van der Waals surface area contributed by atoms with Gasteiger partial charge in [0.2, 0.25) is 0 Å². The third-order valence-corrected chi connectivity index (χ3v) is 1.85. The number of rotatable bonds is 3. The fourth-order valence-electron chi connectivity index (χ4n) is 0.685. The van der Waals surface area contributed by atoms with Crippen molar-refractivity contribution in [2.24, 2.45) is 0 Å². The molecule has 0 aliphatic heterocycles. The Labute approximate surface area is 92.2 Å². The van der Waals surface area contributed by atoms with Crippen molar-refractivity contribution < 1.29 is 9.34 Å². The molecule has 0 N–H and O–H groups in total. The number of thioether (sulfide) groups is 1. The van der Waals surface area contributed by atoms with E-state index in [0.717, 1.165) is 0 Å². The molecule has 0 unspecified atom stereocenters. The Kier molecular flexibility index (Phi) is 7.10. The minimum absolute atomic E-state index is 0.186. The first-order valence-corrected chi connectivity index (χ1v) is 5.64. The maximum absolute atomic E-state index is 10.1. The topological polar surface area (TPSA) is 80.1 Å². The standard InChI is InChI=1S/C6H7NO3S.C3H5N/c1-11-4-5-2-3-6(10-5)7(8)9;1-2-3-4/h2-3H,4H2,1H3;2H2,1H3. The van der Waals surface area contributed by atoms with Gasteiger partial charge in [0, 0.05) is 6.42 Å². The van der Waals surface area contributed by atoms with Gasteiger partial charge in [-0.3, -0.25) is 10.1 Å². The van der Waals surface area contributed by atoms with Gasteiger partial charge >= 0.3 is 5.88 Å². The summed E-state index contributed by atoms with van der Waals surface area (Å²) in [6.45, 7) is 1.82. The molecule has 0 radical (unpaired) electrons. The van der Waals surface area contributed by atoms with Gasteiger partial charge in [-0.05, 0) is 12.3 Å². The molecule has 0 atom stereocenters. The molecule has 0 bridgehead atoms. The van der Waals surface area contributed by atoms with E-state index in [0.29, 0.717) is 17.9 Å². The number of nitrogens with zero attached hydrogens (tertiary/aromatic N) is 2. The third-order valence-electron chi connectivity index (χ3n) is 1.27. The molecule has 1 rings (SSSR count). The Morgan fingerprint density at radius 2 is 2.27 bits per heavy atom. The van der Waals surface area contributed by atoms with Gasteiger partial charge in [-0.2, -0.15) is 17.0 Å². The normalized spacial score (nSPS) is 8.60. The molecule has 0 aliphatic carbocycles. The molecule has 5 nitrogen and oxygen atoms in total. The summed E-state index contributed by atoms with van der Waals surface area (Å²) in [6, 6.07) is 4.92. The molecule has 0 aromatic carbocycles. The van der Waals surface area contributed by atoms with Gasteiger partial charge < -0.3 is 4.42 Å². The van der Waals surface area contributed by atoms with Gasteiger partial charge in [0.05, 0.1) is 17.9 Å². The predicted molar refractivity (Wildman–Crippen MR) is 58.5 cm³/mol. The maximum atomic E-state index is 10.1. The molecule has 0 saturated heterocycles. The van der Waals surface area contributed by atoms with Crippen LogP contribution in [0.15, 0.2) is 16.5 Å². The molecule has 1 aromatic rings. The molecule has 6 heteroatoms. The average Bonchev–Trinajstić information content (AvgIpc) is 2.67. The van der Waals surface area contributed by atoms with Crippen LogP contribution in [0.2, 0.25) is 0 Å². The van der Waals surface area contributed by atoms with Crippen molar-refractivity contribution >= 4 is 17.6 Å². The van der Waals surface area contributed by atoms with Crippen molar-refractivity contribution in [3.05, 3.63) is 28.0 Å². The van der Waals surface area contributed by atoms with Crippen LogP contribution in [-0.2, 0) is 5.75 Å². The van der Waals surface area contributed by atoms with Crippen molar-refractivity contribution in [3.8, 4) is 6.07 Å². The van der Waals surface area contributed by atoms with Crippen LogP contribution in [0.4, 0.5) is 5.88 Å². The molecule has 1 heterocycles. The minimum atomic E-state index is -0.538. The highest BCUT2D eigenvalue weighted by Gasteiger charge is 2.10. The van der Waals surface area contributed by atoms with E-state index in [1.807, 2.05) is 19.2 Å². The Balaban J connectivity index is 0.000000423. The molecule has 15 heavy (non-hydrogen) atoms. The molecule has 0 fully saturated rings. The first kappa shape index (κ1) is 13.5. The Bertz CT molecular complexity index is 343. The van der Waals surface area contributed by atoms with Gasteiger partial charge in [0.1, 0.15) is 10.7 Å². The van der Waals surface area contributed by atoms with E-state index in [2.05, 4.69) is 0 Å². The Hall–Kier alpha value is -1.48. The number of hydrogen-bond donors (Lipinski definition) is 0. The van der Waals surface area contributed by atoms with Crippen LogP contribution >= 0.6 is 11.8 Å². The van der Waals surface area contributed by atoms with Crippen LogP contribution in [0.5, 0.6) is 0 Å². The van der Waals surface area contributed by atoms with Crippen molar-refractivity contribution in [2.75, 3.05) is 6.26 Å². The molecular formula is C9H12N2O3S. The molecule has 1 aromatic heterocycles. The minimum Gasteiger partial charge on any atom is -0.405 e. The summed E-state index contributed by atoms with van der Waals surface area (Å²) in [6.07, 6.45) is 2.54. The molecule has 0 aliphatic rings. The van der Waals surface area contributed by atoms with E-state index in [9.17, 15) is 10.1 Å². The highest BCUT2D eigenvalue weighted by molar-refractivity contribution is 7.97. The lowest BCUT2D eigenvalue weighted by Gasteiger charge is -1.87.